The minimum Gasteiger partial charge on any atom is -0.314 e. The molecule has 1 rings (SSSR count). The number of carbonyl (C=O) groups excluding carboxylic acids is 1. The molecule has 0 radical (unpaired) electrons. The van der Waals surface area contributed by atoms with Gasteiger partial charge in [0.25, 0.3) is 0 Å². The zero-order valence-electron chi connectivity index (χ0n) is 8.64. The monoisotopic (exact) mass is 239 g/mol. The van der Waals surface area contributed by atoms with Crippen LogP contribution in [0.4, 0.5) is 0 Å². The summed E-state index contributed by atoms with van der Waals surface area (Å²) in [7, 11) is -4.67. The molecule has 0 saturated carbocycles. The molecular weight excluding hydrogens is 222 g/mol. The van der Waals surface area contributed by atoms with Gasteiger partial charge >= 0.3 is 10.4 Å². The zero-order valence-corrected chi connectivity index (χ0v) is 9.46. The van der Waals surface area contributed by atoms with Crippen LogP contribution < -0.4 is 5.32 Å². The van der Waals surface area contributed by atoms with E-state index in [1.165, 1.54) is 19.3 Å². The lowest BCUT2D eigenvalue weighted by Crippen LogP contribution is -2.35. The van der Waals surface area contributed by atoms with Crippen LogP contribution in [0.15, 0.2) is 0 Å². The van der Waals surface area contributed by atoms with Crippen LogP contribution in [0.25, 0.3) is 0 Å². The Morgan fingerprint density at radius 1 is 1.40 bits per heavy atom. The van der Waals surface area contributed by atoms with Gasteiger partial charge < -0.3 is 5.32 Å². The Balaban J connectivity index is 0.000000336. The third kappa shape index (κ3) is 13.5. The largest absolute Gasteiger partial charge is 0.394 e. The molecule has 0 amide bonds. The Bertz CT molecular complexity index is 273. The van der Waals surface area contributed by atoms with Crippen LogP contribution >= 0.6 is 0 Å². The molecule has 3 N–H and O–H groups in total. The van der Waals surface area contributed by atoms with Crippen molar-refractivity contribution in [2.45, 2.75) is 38.6 Å². The van der Waals surface area contributed by atoms with Gasteiger partial charge in [0.15, 0.2) is 0 Å². The summed E-state index contributed by atoms with van der Waals surface area (Å²) in [6, 6.07) is 0.478. The van der Waals surface area contributed by atoms with Crippen molar-refractivity contribution < 1.29 is 22.3 Å². The van der Waals surface area contributed by atoms with Gasteiger partial charge in [0, 0.05) is 12.5 Å². The average Bonchev–Trinajstić information content (AvgIpc) is 2.01. The standard InChI is InChI=1S/C8H15NO.H2O4S/c1-7(10)6-8-4-2-3-5-9-8;1-5(2,3)4/h8-9H,2-6H2,1H3;(H2,1,2,3,4). The number of piperidine rings is 1. The minimum absolute atomic E-state index is 0.305. The van der Waals surface area contributed by atoms with Gasteiger partial charge in [-0.25, -0.2) is 0 Å². The maximum Gasteiger partial charge on any atom is 0.394 e. The maximum absolute atomic E-state index is 10.7. The number of Topliss-reactive ketones (excluding diaryl/α,β-unsaturated/α-hetero) is 1. The van der Waals surface area contributed by atoms with E-state index in [4.69, 9.17) is 17.5 Å². The summed E-state index contributed by atoms with van der Waals surface area (Å²) in [5.41, 5.74) is 0. The van der Waals surface area contributed by atoms with Gasteiger partial charge in [-0.2, -0.15) is 8.42 Å². The summed E-state index contributed by atoms with van der Waals surface area (Å²) in [5.74, 6) is 0.305. The smallest absolute Gasteiger partial charge is 0.314 e. The van der Waals surface area contributed by atoms with E-state index >= 15 is 0 Å². The zero-order chi connectivity index (χ0) is 11.9. The van der Waals surface area contributed by atoms with Crippen molar-refractivity contribution in [2.75, 3.05) is 6.54 Å². The van der Waals surface area contributed by atoms with Crippen LogP contribution in [0.5, 0.6) is 0 Å². The molecule has 6 nitrogen and oxygen atoms in total. The minimum atomic E-state index is -4.67. The van der Waals surface area contributed by atoms with Crippen molar-refractivity contribution in [3.8, 4) is 0 Å². The Hall–Kier alpha value is -0.500. The Labute approximate surface area is 89.6 Å². The molecule has 1 aliphatic heterocycles. The summed E-state index contributed by atoms with van der Waals surface area (Å²) in [6.45, 7) is 2.76. The summed E-state index contributed by atoms with van der Waals surface area (Å²) in [4.78, 5) is 10.7. The highest BCUT2D eigenvalue weighted by Gasteiger charge is 2.13. The van der Waals surface area contributed by atoms with Crippen LogP contribution in [0.1, 0.15) is 32.6 Å². The second-order valence-electron chi connectivity index (χ2n) is 3.50. The fourth-order valence-corrected chi connectivity index (χ4v) is 1.45. The van der Waals surface area contributed by atoms with Gasteiger partial charge in [0.1, 0.15) is 5.78 Å². The Morgan fingerprint density at radius 2 is 1.93 bits per heavy atom. The first kappa shape index (κ1) is 14.5. The van der Waals surface area contributed by atoms with Gasteiger partial charge in [0.05, 0.1) is 0 Å². The first-order valence-electron chi connectivity index (χ1n) is 4.71. The van der Waals surface area contributed by atoms with Gasteiger partial charge in [-0.1, -0.05) is 6.42 Å². The van der Waals surface area contributed by atoms with E-state index in [1.54, 1.807) is 6.92 Å². The highest BCUT2D eigenvalue weighted by atomic mass is 32.3. The summed E-state index contributed by atoms with van der Waals surface area (Å²) >= 11 is 0. The molecule has 1 saturated heterocycles. The second kappa shape index (κ2) is 6.89. The molecule has 0 aliphatic carbocycles. The quantitative estimate of drug-likeness (QED) is 0.605. The summed E-state index contributed by atoms with van der Waals surface area (Å²) in [5, 5.41) is 3.33. The topological polar surface area (TPSA) is 104 Å². The van der Waals surface area contributed by atoms with E-state index in [2.05, 4.69) is 5.32 Å². The van der Waals surface area contributed by atoms with Crippen molar-refractivity contribution >= 4 is 16.2 Å². The highest BCUT2D eigenvalue weighted by Crippen LogP contribution is 2.09. The predicted octanol–water partition coefficient (Wildman–Crippen LogP) is 0.455. The third-order valence-corrected chi connectivity index (χ3v) is 1.95. The second-order valence-corrected chi connectivity index (χ2v) is 4.40. The number of hydrogen-bond acceptors (Lipinski definition) is 4. The molecule has 1 fully saturated rings. The maximum atomic E-state index is 10.7. The molecule has 0 bridgehead atoms. The molecule has 1 aliphatic rings. The lowest BCUT2D eigenvalue weighted by molar-refractivity contribution is -0.117. The molecule has 0 aromatic heterocycles. The lowest BCUT2D eigenvalue weighted by atomic mass is 10.0. The van der Waals surface area contributed by atoms with E-state index in [-0.39, 0.29) is 0 Å². The molecule has 1 heterocycles. The van der Waals surface area contributed by atoms with Crippen molar-refractivity contribution in [3.63, 3.8) is 0 Å². The molecule has 7 heteroatoms. The molecule has 1 atom stereocenters. The van der Waals surface area contributed by atoms with E-state index in [1.807, 2.05) is 0 Å². The SMILES string of the molecule is CC(=O)CC1CCCCN1.O=S(=O)(O)O. The molecule has 90 valence electrons. The fraction of sp³-hybridized carbons (Fsp3) is 0.875. The summed E-state index contributed by atoms with van der Waals surface area (Å²) in [6.07, 6.45) is 4.46. The van der Waals surface area contributed by atoms with E-state index < -0.39 is 10.4 Å². The Morgan fingerprint density at radius 3 is 2.27 bits per heavy atom. The van der Waals surface area contributed by atoms with Crippen LogP contribution in [0.2, 0.25) is 0 Å². The average molecular weight is 239 g/mol. The van der Waals surface area contributed by atoms with Crippen LogP contribution in [-0.2, 0) is 15.2 Å². The number of rotatable bonds is 2. The van der Waals surface area contributed by atoms with Gasteiger partial charge in [-0.05, 0) is 26.3 Å². The lowest BCUT2D eigenvalue weighted by Gasteiger charge is -2.21. The molecule has 0 aromatic carbocycles. The third-order valence-electron chi connectivity index (χ3n) is 1.95. The highest BCUT2D eigenvalue weighted by molar-refractivity contribution is 7.79. The first-order valence-corrected chi connectivity index (χ1v) is 6.11. The molecule has 15 heavy (non-hydrogen) atoms. The normalized spacial score (nSPS) is 21.4. The van der Waals surface area contributed by atoms with E-state index in [0.29, 0.717) is 11.8 Å². The number of hydrogen-bond donors (Lipinski definition) is 3. The Kier molecular flexibility index (Phi) is 6.66. The van der Waals surface area contributed by atoms with Crippen LogP contribution in [0.3, 0.4) is 0 Å². The molecule has 0 spiro atoms. The van der Waals surface area contributed by atoms with Crippen molar-refractivity contribution in [1.82, 2.24) is 5.32 Å². The fourth-order valence-electron chi connectivity index (χ4n) is 1.45. The number of ketones is 1. The van der Waals surface area contributed by atoms with Gasteiger partial charge in [0.2, 0.25) is 0 Å². The van der Waals surface area contributed by atoms with E-state index in [9.17, 15) is 4.79 Å². The summed E-state index contributed by atoms with van der Waals surface area (Å²) < 4.78 is 31.6. The number of carbonyl (C=O) groups is 1. The molecular formula is C8H17NO5S. The predicted molar refractivity (Wildman–Crippen MR) is 55.1 cm³/mol. The van der Waals surface area contributed by atoms with Crippen molar-refractivity contribution in [1.29, 1.82) is 0 Å². The van der Waals surface area contributed by atoms with Gasteiger partial charge in [-0.15, -0.1) is 0 Å². The van der Waals surface area contributed by atoms with Crippen LogP contribution in [0, 0.1) is 0 Å². The van der Waals surface area contributed by atoms with Crippen molar-refractivity contribution in [3.05, 3.63) is 0 Å². The molecule has 0 aromatic rings. The number of nitrogens with one attached hydrogen (secondary N) is 1. The molecule has 1 unspecified atom stereocenters. The first-order chi connectivity index (χ1) is 6.79. The van der Waals surface area contributed by atoms with Gasteiger partial charge in [-0.3, -0.25) is 13.9 Å². The van der Waals surface area contributed by atoms with E-state index in [0.717, 1.165) is 13.0 Å². The van der Waals surface area contributed by atoms with Crippen molar-refractivity contribution in [2.24, 2.45) is 0 Å². The van der Waals surface area contributed by atoms with Crippen LogP contribution in [-0.4, -0.2) is 35.9 Å².